The van der Waals surface area contributed by atoms with Gasteiger partial charge in [0.25, 0.3) is 0 Å². The molecule has 0 bridgehead atoms. The lowest BCUT2D eigenvalue weighted by molar-refractivity contribution is 0.413. The van der Waals surface area contributed by atoms with Crippen molar-refractivity contribution in [3.63, 3.8) is 0 Å². The predicted octanol–water partition coefficient (Wildman–Crippen LogP) is 2.14. The van der Waals surface area contributed by atoms with E-state index in [4.69, 9.17) is 0 Å². The molecule has 0 spiro atoms. The molecule has 1 aromatic heterocycles. The van der Waals surface area contributed by atoms with Crippen molar-refractivity contribution in [1.82, 2.24) is 14.9 Å². The van der Waals surface area contributed by atoms with Gasteiger partial charge in [0, 0.05) is 23.2 Å². The van der Waals surface area contributed by atoms with E-state index in [1.165, 1.54) is 0 Å². The van der Waals surface area contributed by atoms with E-state index in [9.17, 15) is 0 Å². The summed E-state index contributed by atoms with van der Waals surface area (Å²) in [5, 5.41) is 1.41. The zero-order valence-corrected chi connectivity index (χ0v) is 10.9. The third-order valence-corrected chi connectivity index (χ3v) is 2.84. The van der Waals surface area contributed by atoms with Gasteiger partial charge >= 0.3 is 0 Å². The highest BCUT2D eigenvalue weighted by atomic mass is 32.2. The van der Waals surface area contributed by atoms with Crippen LogP contribution < -0.4 is 0 Å². The summed E-state index contributed by atoms with van der Waals surface area (Å²) in [6.07, 6.45) is 0. The molecule has 0 saturated carbocycles. The largest absolute Gasteiger partial charge is 0.308 e. The lowest BCUT2D eigenvalue weighted by atomic mass is 10.4. The molecule has 1 heterocycles. The molecule has 0 saturated heterocycles. The lowest BCUT2D eigenvalue weighted by Crippen LogP contribution is -2.21. The van der Waals surface area contributed by atoms with E-state index >= 15 is 0 Å². The van der Waals surface area contributed by atoms with Gasteiger partial charge in [0.05, 0.1) is 0 Å². The number of aromatic nitrogens is 2. The van der Waals surface area contributed by atoms with Crippen molar-refractivity contribution < 1.29 is 0 Å². The van der Waals surface area contributed by atoms with Gasteiger partial charge in [0.15, 0.2) is 5.16 Å². The van der Waals surface area contributed by atoms with E-state index < -0.39 is 0 Å². The maximum Gasteiger partial charge on any atom is 0.188 e. The van der Waals surface area contributed by atoms with Crippen LogP contribution in [0, 0.1) is 13.8 Å². The van der Waals surface area contributed by atoms with E-state index in [0.717, 1.165) is 23.1 Å². The van der Waals surface area contributed by atoms with E-state index in [1.807, 2.05) is 19.9 Å². The molecule has 1 atom stereocenters. The minimum absolute atomic E-state index is 0.515. The Labute approximate surface area is 96.3 Å². The Morgan fingerprint density at radius 2 is 1.80 bits per heavy atom. The first-order valence-electron chi connectivity index (χ1n) is 5.11. The van der Waals surface area contributed by atoms with Crippen molar-refractivity contribution >= 4 is 11.8 Å². The Morgan fingerprint density at radius 1 is 1.27 bits per heavy atom. The first-order chi connectivity index (χ1) is 6.97. The smallest absolute Gasteiger partial charge is 0.188 e. The molecular weight excluding hydrogens is 206 g/mol. The Bertz CT molecular complexity index is 305. The Kier molecular flexibility index (Phi) is 4.54. The number of hydrogen-bond acceptors (Lipinski definition) is 4. The highest BCUT2D eigenvalue weighted by Gasteiger charge is 2.08. The van der Waals surface area contributed by atoms with Crippen LogP contribution in [0.2, 0.25) is 0 Å². The first kappa shape index (κ1) is 12.5. The number of rotatable bonds is 4. The average molecular weight is 225 g/mol. The van der Waals surface area contributed by atoms with Crippen LogP contribution in [-0.4, -0.2) is 40.8 Å². The number of hydrogen-bond donors (Lipinski definition) is 0. The number of thioether (sulfide) groups is 1. The SMILES string of the molecule is Cc1cc(C)nc(S[C@H](C)CN(C)C)n1. The molecule has 0 N–H and O–H groups in total. The molecule has 15 heavy (non-hydrogen) atoms. The fraction of sp³-hybridized carbons (Fsp3) is 0.636. The molecular formula is C11H19N3S. The van der Waals surface area contributed by atoms with E-state index in [-0.39, 0.29) is 0 Å². The molecule has 0 aliphatic carbocycles. The molecule has 0 unspecified atom stereocenters. The van der Waals surface area contributed by atoms with Gasteiger partial charge < -0.3 is 4.90 Å². The summed E-state index contributed by atoms with van der Waals surface area (Å²) < 4.78 is 0. The molecule has 0 radical (unpaired) electrons. The zero-order chi connectivity index (χ0) is 11.4. The van der Waals surface area contributed by atoms with Crippen LogP contribution >= 0.6 is 11.8 Å². The van der Waals surface area contributed by atoms with Crippen molar-refractivity contribution in [3.8, 4) is 0 Å². The second-order valence-electron chi connectivity index (χ2n) is 4.12. The number of aryl methyl sites for hydroxylation is 2. The van der Waals surface area contributed by atoms with Crippen LogP contribution in [0.4, 0.5) is 0 Å². The summed E-state index contributed by atoms with van der Waals surface area (Å²) in [7, 11) is 4.17. The summed E-state index contributed by atoms with van der Waals surface area (Å²) in [4.78, 5) is 11.0. The van der Waals surface area contributed by atoms with E-state index in [1.54, 1.807) is 11.8 Å². The van der Waals surface area contributed by atoms with Gasteiger partial charge in [-0.25, -0.2) is 9.97 Å². The van der Waals surface area contributed by atoms with Gasteiger partial charge in [-0.1, -0.05) is 18.7 Å². The second-order valence-corrected chi connectivity index (χ2v) is 5.53. The predicted molar refractivity (Wildman–Crippen MR) is 65.4 cm³/mol. The molecule has 0 aliphatic heterocycles. The topological polar surface area (TPSA) is 29.0 Å². The Morgan fingerprint density at radius 3 is 2.27 bits per heavy atom. The first-order valence-corrected chi connectivity index (χ1v) is 5.99. The van der Waals surface area contributed by atoms with Crippen LogP contribution in [0.5, 0.6) is 0 Å². The molecule has 0 fully saturated rings. The second kappa shape index (κ2) is 5.47. The fourth-order valence-electron chi connectivity index (χ4n) is 1.48. The molecule has 3 nitrogen and oxygen atoms in total. The molecule has 1 rings (SSSR count). The van der Waals surface area contributed by atoms with Gasteiger partial charge in [-0.2, -0.15) is 0 Å². The van der Waals surface area contributed by atoms with Crippen LogP contribution in [0.15, 0.2) is 11.2 Å². The van der Waals surface area contributed by atoms with Gasteiger partial charge in [0.2, 0.25) is 0 Å². The van der Waals surface area contributed by atoms with Gasteiger partial charge in [-0.3, -0.25) is 0 Å². The van der Waals surface area contributed by atoms with Crippen LogP contribution in [0.25, 0.3) is 0 Å². The molecule has 0 aromatic carbocycles. The van der Waals surface area contributed by atoms with E-state index in [2.05, 4.69) is 35.9 Å². The summed E-state index contributed by atoms with van der Waals surface area (Å²) in [6, 6.07) is 2.00. The summed E-state index contributed by atoms with van der Waals surface area (Å²) in [6.45, 7) is 7.26. The maximum absolute atomic E-state index is 4.41. The van der Waals surface area contributed by atoms with Crippen molar-refractivity contribution in [1.29, 1.82) is 0 Å². The minimum Gasteiger partial charge on any atom is -0.308 e. The van der Waals surface area contributed by atoms with Crippen molar-refractivity contribution in [2.75, 3.05) is 20.6 Å². The average Bonchev–Trinajstić information content (AvgIpc) is 1.98. The maximum atomic E-state index is 4.41. The molecule has 4 heteroatoms. The minimum atomic E-state index is 0.515. The fourth-order valence-corrected chi connectivity index (χ4v) is 2.60. The Hall–Kier alpha value is -0.610. The molecule has 1 aromatic rings. The van der Waals surface area contributed by atoms with Gasteiger partial charge in [-0.05, 0) is 34.0 Å². The normalized spacial score (nSPS) is 13.2. The zero-order valence-electron chi connectivity index (χ0n) is 10.1. The van der Waals surface area contributed by atoms with Crippen molar-refractivity contribution in [2.24, 2.45) is 0 Å². The Balaban J connectivity index is 2.63. The summed E-state index contributed by atoms with van der Waals surface area (Å²) in [5.74, 6) is 0. The highest BCUT2D eigenvalue weighted by Crippen LogP contribution is 2.20. The van der Waals surface area contributed by atoms with Gasteiger partial charge in [-0.15, -0.1) is 0 Å². The van der Waals surface area contributed by atoms with Crippen LogP contribution in [0.3, 0.4) is 0 Å². The number of nitrogens with zero attached hydrogens (tertiary/aromatic N) is 3. The van der Waals surface area contributed by atoms with Crippen LogP contribution in [-0.2, 0) is 0 Å². The van der Waals surface area contributed by atoms with E-state index in [0.29, 0.717) is 5.25 Å². The summed E-state index contributed by atoms with van der Waals surface area (Å²) >= 11 is 1.74. The lowest BCUT2D eigenvalue weighted by Gasteiger charge is -2.15. The standard InChI is InChI=1S/C11H19N3S/c1-8-6-9(2)13-11(12-8)15-10(3)7-14(4)5/h6,10H,7H2,1-5H3/t10-/m1/s1. The van der Waals surface area contributed by atoms with Crippen molar-refractivity contribution in [2.45, 2.75) is 31.2 Å². The molecule has 0 amide bonds. The van der Waals surface area contributed by atoms with Crippen LogP contribution in [0.1, 0.15) is 18.3 Å². The van der Waals surface area contributed by atoms with Gasteiger partial charge in [0.1, 0.15) is 0 Å². The quantitative estimate of drug-likeness (QED) is 0.580. The third-order valence-electron chi connectivity index (χ3n) is 1.89. The third kappa shape index (κ3) is 4.62. The summed E-state index contributed by atoms with van der Waals surface area (Å²) in [5.41, 5.74) is 2.09. The highest BCUT2D eigenvalue weighted by molar-refractivity contribution is 7.99. The van der Waals surface area contributed by atoms with Crippen molar-refractivity contribution in [3.05, 3.63) is 17.5 Å². The molecule has 0 aliphatic rings. The monoisotopic (exact) mass is 225 g/mol. The molecule has 84 valence electrons.